The SMILES string of the molecule is CC(C1CNCCO1)N1C(=O)c2ccccc2C1=O.Cl. The minimum atomic E-state index is -0.264. The van der Waals surface area contributed by atoms with Crippen molar-refractivity contribution in [2.45, 2.75) is 19.1 Å². The number of amides is 2. The summed E-state index contributed by atoms with van der Waals surface area (Å²) in [6, 6.07) is 6.68. The monoisotopic (exact) mass is 296 g/mol. The lowest BCUT2D eigenvalue weighted by atomic mass is 10.1. The van der Waals surface area contributed by atoms with Gasteiger partial charge < -0.3 is 10.1 Å². The van der Waals surface area contributed by atoms with Gasteiger partial charge in [0.1, 0.15) is 0 Å². The number of carbonyl (C=O) groups is 2. The molecule has 2 heterocycles. The van der Waals surface area contributed by atoms with Crippen LogP contribution in [0.2, 0.25) is 0 Å². The number of rotatable bonds is 2. The van der Waals surface area contributed by atoms with Crippen molar-refractivity contribution in [3.63, 3.8) is 0 Å². The third-order valence-electron chi connectivity index (χ3n) is 3.73. The van der Waals surface area contributed by atoms with Crippen LogP contribution in [0.5, 0.6) is 0 Å². The van der Waals surface area contributed by atoms with Crippen LogP contribution in [0.1, 0.15) is 27.6 Å². The maximum atomic E-state index is 12.3. The molecule has 0 radical (unpaired) electrons. The maximum Gasteiger partial charge on any atom is 0.261 e. The molecule has 5 nitrogen and oxygen atoms in total. The Hall–Kier alpha value is -1.43. The van der Waals surface area contributed by atoms with Crippen molar-refractivity contribution in [3.8, 4) is 0 Å². The van der Waals surface area contributed by atoms with Gasteiger partial charge in [0.05, 0.1) is 29.9 Å². The van der Waals surface area contributed by atoms with Crippen molar-refractivity contribution in [2.75, 3.05) is 19.7 Å². The Kier molecular flexibility index (Phi) is 4.42. The van der Waals surface area contributed by atoms with Gasteiger partial charge in [0.2, 0.25) is 0 Å². The Morgan fingerprint density at radius 2 is 1.85 bits per heavy atom. The van der Waals surface area contributed by atoms with Crippen molar-refractivity contribution in [1.29, 1.82) is 0 Å². The van der Waals surface area contributed by atoms with Crippen molar-refractivity contribution in [2.24, 2.45) is 0 Å². The number of nitrogens with one attached hydrogen (secondary N) is 1. The van der Waals surface area contributed by atoms with Gasteiger partial charge in [0.25, 0.3) is 11.8 Å². The van der Waals surface area contributed by atoms with Gasteiger partial charge in [-0.05, 0) is 19.1 Å². The van der Waals surface area contributed by atoms with Gasteiger partial charge >= 0.3 is 0 Å². The standard InChI is InChI=1S/C14H16N2O3.ClH/c1-9(12-8-15-6-7-19-12)16-13(17)10-4-2-3-5-11(10)14(16)18;/h2-5,9,12,15H,6-8H2,1H3;1H. The van der Waals surface area contributed by atoms with Crippen molar-refractivity contribution >= 4 is 24.2 Å². The van der Waals surface area contributed by atoms with E-state index in [1.165, 1.54) is 4.90 Å². The topological polar surface area (TPSA) is 58.6 Å². The molecule has 2 aliphatic rings. The molecule has 108 valence electrons. The maximum absolute atomic E-state index is 12.3. The van der Waals surface area contributed by atoms with E-state index in [2.05, 4.69) is 5.32 Å². The molecule has 2 aliphatic heterocycles. The average Bonchev–Trinajstić information content (AvgIpc) is 2.72. The summed E-state index contributed by atoms with van der Waals surface area (Å²) in [5.41, 5.74) is 0.978. The zero-order valence-electron chi connectivity index (χ0n) is 11.2. The molecular formula is C14H17ClN2O3. The Morgan fingerprint density at radius 1 is 1.25 bits per heavy atom. The van der Waals surface area contributed by atoms with Crippen LogP contribution in [0.25, 0.3) is 0 Å². The fourth-order valence-electron chi connectivity index (χ4n) is 2.64. The molecule has 1 aromatic rings. The largest absolute Gasteiger partial charge is 0.373 e. The van der Waals surface area contributed by atoms with Gasteiger partial charge in [-0.2, -0.15) is 0 Å². The molecule has 0 aromatic heterocycles. The van der Waals surface area contributed by atoms with Gasteiger partial charge in [-0.1, -0.05) is 12.1 Å². The number of ether oxygens (including phenoxy) is 1. The molecule has 1 aromatic carbocycles. The minimum absolute atomic E-state index is 0. The van der Waals surface area contributed by atoms with Crippen LogP contribution < -0.4 is 5.32 Å². The van der Waals surface area contributed by atoms with E-state index in [9.17, 15) is 9.59 Å². The number of fused-ring (bicyclic) bond motifs is 1. The lowest BCUT2D eigenvalue weighted by Crippen LogP contribution is -2.52. The Morgan fingerprint density at radius 3 is 2.35 bits per heavy atom. The highest BCUT2D eigenvalue weighted by Crippen LogP contribution is 2.26. The molecule has 0 spiro atoms. The third-order valence-corrected chi connectivity index (χ3v) is 3.73. The highest BCUT2D eigenvalue weighted by molar-refractivity contribution is 6.21. The van der Waals surface area contributed by atoms with E-state index in [0.29, 0.717) is 24.3 Å². The summed E-state index contributed by atoms with van der Waals surface area (Å²) in [6.07, 6.45) is -0.143. The fourth-order valence-corrected chi connectivity index (χ4v) is 2.64. The van der Waals surface area contributed by atoms with E-state index in [-0.39, 0.29) is 36.4 Å². The number of halogens is 1. The molecule has 0 saturated carbocycles. The van der Waals surface area contributed by atoms with Crippen LogP contribution in [0, 0.1) is 0 Å². The van der Waals surface area contributed by atoms with E-state index in [1.54, 1.807) is 24.3 Å². The summed E-state index contributed by atoms with van der Waals surface area (Å²) in [7, 11) is 0. The van der Waals surface area contributed by atoms with E-state index < -0.39 is 0 Å². The Labute approximate surface area is 123 Å². The first-order valence-corrected chi connectivity index (χ1v) is 6.49. The predicted octanol–water partition coefficient (Wildman–Crippen LogP) is 1.08. The van der Waals surface area contributed by atoms with E-state index in [4.69, 9.17) is 4.74 Å². The molecule has 2 atom stereocenters. The molecule has 6 heteroatoms. The minimum Gasteiger partial charge on any atom is -0.373 e. The van der Waals surface area contributed by atoms with Crippen LogP contribution in [0.4, 0.5) is 0 Å². The molecule has 2 amide bonds. The molecule has 1 N–H and O–H groups in total. The number of carbonyl (C=O) groups excluding carboxylic acids is 2. The molecular weight excluding hydrogens is 280 g/mol. The third kappa shape index (κ3) is 2.32. The van der Waals surface area contributed by atoms with Gasteiger partial charge in [-0.15, -0.1) is 12.4 Å². The van der Waals surface area contributed by atoms with Crippen LogP contribution in [-0.4, -0.2) is 48.6 Å². The number of nitrogens with zero attached hydrogens (tertiary/aromatic N) is 1. The van der Waals surface area contributed by atoms with Crippen molar-refractivity contribution < 1.29 is 14.3 Å². The summed E-state index contributed by atoms with van der Waals surface area (Å²) in [4.78, 5) is 26.0. The predicted molar refractivity (Wildman–Crippen MR) is 76.3 cm³/mol. The van der Waals surface area contributed by atoms with E-state index in [1.807, 2.05) is 6.92 Å². The number of hydrogen-bond donors (Lipinski definition) is 1. The molecule has 1 saturated heterocycles. The Bertz CT molecular complexity index is 494. The van der Waals surface area contributed by atoms with Crippen molar-refractivity contribution in [3.05, 3.63) is 35.4 Å². The molecule has 1 fully saturated rings. The first kappa shape index (κ1) is 15.0. The van der Waals surface area contributed by atoms with Crippen LogP contribution in [0.15, 0.2) is 24.3 Å². The molecule has 3 rings (SSSR count). The summed E-state index contributed by atoms with van der Waals surface area (Å²) in [5, 5.41) is 3.22. The van der Waals surface area contributed by atoms with E-state index in [0.717, 1.165) is 6.54 Å². The molecule has 2 unspecified atom stereocenters. The average molecular weight is 297 g/mol. The zero-order valence-corrected chi connectivity index (χ0v) is 12.0. The number of hydrogen-bond acceptors (Lipinski definition) is 4. The van der Waals surface area contributed by atoms with Gasteiger partial charge in [-0.3, -0.25) is 14.5 Å². The zero-order chi connectivity index (χ0) is 13.4. The summed E-state index contributed by atoms with van der Waals surface area (Å²) in [5.74, 6) is -0.440. The Balaban J connectivity index is 0.00000147. The highest BCUT2D eigenvalue weighted by atomic mass is 35.5. The fraction of sp³-hybridized carbons (Fsp3) is 0.429. The normalized spacial score (nSPS) is 23.2. The molecule has 0 aliphatic carbocycles. The van der Waals surface area contributed by atoms with Gasteiger partial charge in [0, 0.05) is 13.1 Å². The number of morpholine rings is 1. The lowest BCUT2D eigenvalue weighted by molar-refractivity contribution is -0.0162. The summed E-state index contributed by atoms with van der Waals surface area (Å²) >= 11 is 0. The summed E-state index contributed by atoms with van der Waals surface area (Å²) in [6.45, 7) is 3.94. The lowest BCUT2D eigenvalue weighted by Gasteiger charge is -2.33. The second kappa shape index (κ2) is 5.91. The number of imide groups is 1. The van der Waals surface area contributed by atoms with Gasteiger partial charge in [0.15, 0.2) is 0 Å². The summed E-state index contributed by atoms with van der Waals surface area (Å²) < 4.78 is 5.64. The second-order valence-electron chi connectivity index (χ2n) is 4.88. The smallest absolute Gasteiger partial charge is 0.261 e. The first-order chi connectivity index (χ1) is 9.20. The molecule has 20 heavy (non-hydrogen) atoms. The van der Waals surface area contributed by atoms with Crippen LogP contribution in [0.3, 0.4) is 0 Å². The number of benzene rings is 1. The second-order valence-corrected chi connectivity index (χ2v) is 4.88. The highest BCUT2D eigenvalue weighted by Gasteiger charge is 2.41. The van der Waals surface area contributed by atoms with Crippen molar-refractivity contribution in [1.82, 2.24) is 10.2 Å². The quantitative estimate of drug-likeness (QED) is 0.830. The molecule has 0 bridgehead atoms. The van der Waals surface area contributed by atoms with E-state index >= 15 is 0 Å². The van der Waals surface area contributed by atoms with Crippen LogP contribution >= 0.6 is 12.4 Å². The van der Waals surface area contributed by atoms with Gasteiger partial charge in [-0.25, -0.2) is 0 Å². The first-order valence-electron chi connectivity index (χ1n) is 6.49. The van der Waals surface area contributed by atoms with Crippen LogP contribution in [-0.2, 0) is 4.74 Å².